The molecule has 36 heavy (non-hydrogen) atoms. The van der Waals surface area contributed by atoms with Gasteiger partial charge in [-0.05, 0) is 22.1 Å². The number of nitrogens with zero attached hydrogens (tertiary/aromatic N) is 8. The lowest BCUT2D eigenvalue weighted by Crippen LogP contribution is -2.71. The minimum absolute atomic E-state index is 0.0392. The van der Waals surface area contributed by atoms with E-state index in [2.05, 4.69) is 41.3 Å². The second-order valence-electron chi connectivity index (χ2n) is 7.14. The number of β-lactam (4-membered cyclic amide) rings is 1. The number of amides is 3. The number of aromatic nitrogens is 6. The van der Waals surface area contributed by atoms with E-state index >= 15 is 0 Å². The van der Waals surface area contributed by atoms with E-state index in [9.17, 15) is 24.3 Å². The zero-order valence-corrected chi connectivity index (χ0v) is 20.3. The smallest absolute Gasteiger partial charge is 0.352 e. The molecule has 2 aromatic rings. The predicted molar refractivity (Wildman–Crippen MR) is 124 cm³/mol. The van der Waals surface area contributed by atoms with Gasteiger partial charge in [0.15, 0.2) is 5.71 Å². The third-order valence-electron chi connectivity index (χ3n) is 4.98. The van der Waals surface area contributed by atoms with Gasteiger partial charge in [-0.2, -0.15) is 0 Å². The van der Waals surface area contributed by atoms with Crippen molar-refractivity contribution in [1.29, 1.82) is 0 Å². The molecule has 4 rings (SSSR count). The first kappa shape index (κ1) is 25.0. The topological polar surface area (TPSA) is 207 Å². The molecule has 4 heterocycles. The van der Waals surface area contributed by atoms with Crippen molar-refractivity contribution in [3.63, 3.8) is 0 Å². The van der Waals surface area contributed by atoms with Crippen LogP contribution in [0.3, 0.4) is 0 Å². The number of thioether (sulfide) groups is 2. The molecule has 2 aliphatic heterocycles. The first-order valence-corrected chi connectivity index (χ1v) is 12.1. The number of aliphatic carboxylic acids is 1. The highest BCUT2D eigenvalue weighted by molar-refractivity contribution is 8.01. The number of carbonyl (C=O) groups excluding carboxylic acids is 3. The number of fused-ring (bicyclic) bond motifs is 1. The molecular formula is C18H18N10O6S2. The Morgan fingerprint density at radius 3 is 2.92 bits per heavy atom. The minimum atomic E-state index is -1.25. The van der Waals surface area contributed by atoms with Gasteiger partial charge in [0.1, 0.15) is 29.9 Å². The van der Waals surface area contributed by atoms with E-state index in [1.54, 1.807) is 7.05 Å². The first-order chi connectivity index (χ1) is 17.3. The fourth-order valence-corrected chi connectivity index (χ4v) is 5.74. The highest BCUT2D eigenvalue weighted by atomic mass is 32.2. The Morgan fingerprint density at radius 1 is 1.44 bits per heavy atom. The summed E-state index contributed by atoms with van der Waals surface area (Å²) in [6.45, 7) is 0. The van der Waals surface area contributed by atoms with Gasteiger partial charge in [-0.15, -0.1) is 16.9 Å². The lowest BCUT2D eigenvalue weighted by molar-refractivity contribution is -0.150. The van der Waals surface area contributed by atoms with Crippen LogP contribution in [0.1, 0.15) is 5.69 Å². The molecule has 0 saturated carbocycles. The predicted octanol–water partition coefficient (Wildman–Crippen LogP) is -1.55. The van der Waals surface area contributed by atoms with Gasteiger partial charge in [0.25, 0.3) is 11.8 Å². The van der Waals surface area contributed by atoms with Crippen LogP contribution in [-0.4, -0.2) is 100 Å². The van der Waals surface area contributed by atoms with E-state index in [0.29, 0.717) is 22.9 Å². The molecule has 16 nitrogen and oxygen atoms in total. The Balaban J connectivity index is 1.50. The van der Waals surface area contributed by atoms with Gasteiger partial charge in [0, 0.05) is 24.8 Å². The van der Waals surface area contributed by atoms with Gasteiger partial charge in [-0.25, -0.2) is 19.4 Å². The minimum Gasteiger partial charge on any atom is -0.477 e. The zero-order valence-electron chi connectivity index (χ0n) is 18.7. The summed E-state index contributed by atoms with van der Waals surface area (Å²) in [4.78, 5) is 62.4. The second-order valence-corrected chi connectivity index (χ2v) is 9.19. The van der Waals surface area contributed by atoms with E-state index in [1.807, 2.05) is 0 Å². The number of carbonyl (C=O) groups is 4. The molecule has 0 aromatic carbocycles. The molecule has 1 fully saturated rings. The number of anilines is 1. The lowest BCUT2D eigenvalue weighted by Gasteiger charge is -2.49. The Bertz CT molecular complexity index is 1280. The van der Waals surface area contributed by atoms with Gasteiger partial charge < -0.3 is 15.3 Å². The molecular weight excluding hydrogens is 516 g/mol. The van der Waals surface area contributed by atoms with Crippen LogP contribution in [-0.2, 0) is 31.1 Å². The summed E-state index contributed by atoms with van der Waals surface area (Å²) >= 11 is 2.57. The van der Waals surface area contributed by atoms with Crippen molar-refractivity contribution in [2.24, 2.45) is 12.2 Å². The van der Waals surface area contributed by atoms with Gasteiger partial charge >= 0.3 is 5.97 Å². The van der Waals surface area contributed by atoms with Crippen LogP contribution >= 0.6 is 23.5 Å². The molecule has 1 saturated heterocycles. The SMILES string of the molecule is CON=C(C(=O)NC1C(=O)N2C(C(=O)O)=C(CSc3nnnn3C)CS[C@@H]12)c1ccnc(NC=O)n1. The first-order valence-electron chi connectivity index (χ1n) is 10.1. The largest absolute Gasteiger partial charge is 0.477 e. The zero-order chi connectivity index (χ0) is 25.8. The summed E-state index contributed by atoms with van der Waals surface area (Å²) in [5, 5.41) is 29.4. The average Bonchev–Trinajstić information content (AvgIpc) is 3.28. The molecule has 0 bridgehead atoms. The van der Waals surface area contributed by atoms with Crippen molar-refractivity contribution < 1.29 is 29.1 Å². The Morgan fingerprint density at radius 2 is 2.25 bits per heavy atom. The van der Waals surface area contributed by atoms with E-state index in [0.717, 1.165) is 4.90 Å². The molecule has 3 amide bonds. The van der Waals surface area contributed by atoms with Crippen molar-refractivity contribution in [3.8, 4) is 0 Å². The molecule has 3 N–H and O–H groups in total. The Hall–Kier alpha value is -4.06. The van der Waals surface area contributed by atoms with Gasteiger partial charge in [-0.3, -0.25) is 24.6 Å². The number of nitrogens with one attached hydrogen (secondary N) is 2. The normalized spacial score (nSPS) is 19.3. The summed E-state index contributed by atoms with van der Waals surface area (Å²) in [6, 6.07) is 0.380. The van der Waals surface area contributed by atoms with Crippen molar-refractivity contribution in [1.82, 2.24) is 40.4 Å². The summed E-state index contributed by atoms with van der Waals surface area (Å²) in [5.74, 6) is -2.07. The maximum atomic E-state index is 13.0. The molecule has 2 aliphatic rings. The van der Waals surface area contributed by atoms with Crippen molar-refractivity contribution in [2.75, 3.05) is 23.9 Å². The molecule has 1 unspecified atom stereocenters. The van der Waals surface area contributed by atoms with Crippen LogP contribution in [0.25, 0.3) is 0 Å². The van der Waals surface area contributed by atoms with Crippen LogP contribution in [0.4, 0.5) is 5.95 Å². The molecule has 188 valence electrons. The standard InChI is InChI=1S/C18H18N10O6S2/c1-27-18(23-25-26-27)36-6-8-5-35-15-11(14(31)28(15)12(8)16(32)33)22-13(30)10(24-34-2)9-3-4-19-17(21-9)20-7-29/h3-4,7,11,15H,5-6H2,1-2H3,(H,22,30)(H,32,33)(H,19,20,21,29)/t11?,15-/m0/s1. The van der Waals surface area contributed by atoms with Crippen LogP contribution in [0.5, 0.6) is 0 Å². The molecule has 2 aromatic heterocycles. The third kappa shape index (κ3) is 4.85. The number of hydrogen-bond acceptors (Lipinski definition) is 13. The van der Waals surface area contributed by atoms with E-state index < -0.39 is 29.2 Å². The van der Waals surface area contributed by atoms with Gasteiger partial charge in [0.05, 0.1) is 0 Å². The van der Waals surface area contributed by atoms with Crippen LogP contribution in [0.2, 0.25) is 0 Å². The molecule has 0 radical (unpaired) electrons. The number of tetrazole rings is 1. The van der Waals surface area contributed by atoms with E-state index in [1.165, 1.54) is 47.6 Å². The molecule has 0 aliphatic carbocycles. The molecule has 18 heteroatoms. The van der Waals surface area contributed by atoms with Crippen molar-refractivity contribution in [2.45, 2.75) is 16.6 Å². The maximum Gasteiger partial charge on any atom is 0.352 e. The summed E-state index contributed by atoms with van der Waals surface area (Å²) < 4.78 is 1.46. The quantitative estimate of drug-likeness (QED) is 0.104. The van der Waals surface area contributed by atoms with Crippen molar-refractivity contribution in [3.05, 3.63) is 29.2 Å². The van der Waals surface area contributed by atoms with E-state index in [-0.39, 0.29) is 28.8 Å². The van der Waals surface area contributed by atoms with Crippen molar-refractivity contribution >= 4 is 59.4 Å². The number of carboxylic acids is 1. The van der Waals surface area contributed by atoms with E-state index in [4.69, 9.17) is 4.84 Å². The summed E-state index contributed by atoms with van der Waals surface area (Å²) in [6.07, 6.45) is 1.68. The Kier molecular flexibility index (Phi) is 7.44. The average molecular weight is 535 g/mol. The second kappa shape index (κ2) is 10.7. The number of aryl methyl sites for hydroxylation is 1. The number of carboxylic acid groups (broad SMARTS) is 1. The van der Waals surface area contributed by atoms with Crippen LogP contribution in [0, 0.1) is 0 Å². The third-order valence-corrected chi connectivity index (χ3v) is 7.41. The highest BCUT2D eigenvalue weighted by Gasteiger charge is 2.54. The van der Waals surface area contributed by atoms with Gasteiger partial charge in [0.2, 0.25) is 17.5 Å². The lowest BCUT2D eigenvalue weighted by atomic mass is 10.0. The van der Waals surface area contributed by atoms with Crippen LogP contribution in [0.15, 0.2) is 33.8 Å². The maximum absolute atomic E-state index is 13.0. The fourth-order valence-electron chi connectivity index (χ4n) is 3.41. The monoisotopic (exact) mass is 534 g/mol. The number of oxime groups is 1. The highest BCUT2D eigenvalue weighted by Crippen LogP contribution is 2.41. The Labute approximate surface area is 210 Å². The fraction of sp³-hybridized carbons (Fsp3) is 0.333. The summed E-state index contributed by atoms with van der Waals surface area (Å²) in [7, 11) is 2.89. The van der Waals surface area contributed by atoms with Gasteiger partial charge in [-0.1, -0.05) is 16.9 Å². The van der Waals surface area contributed by atoms with Crippen LogP contribution < -0.4 is 10.6 Å². The number of hydrogen-bond donors (Lipinski definition) is 3. The molecule has 2 atom stereocenters. The summed E-state index contributed by atoms with van der Waals surface area (Å²) in [5.41, 5.74) is 0.192. The molecule has 0 spiro atoms. The number of rotatable bonds is 10.